The number of nitrogens with zero attached hydrogens (tertiary/aromatic N) is 3. The molecule has 2 atom stereocenters. The van der Waals surface area contributed by atoms with Crippen molar-refractivity contribution < 1.29 is 28.5 Å². The van der Waals surface area contributed by atoms with E-state index < -0.39 is 5.92 Å². The average Bonchev–Trinajstić information content (AvgIpc) is 3.49. The van der Waals surface area contributed by atoms with E-state index in [-0.39, 0.29) is 17.7 Å². The Morgan fingerprint density at radius 2 is 1.33 bits per heavy atom. The zero-order valence-corrected chi connectivity index (χ0v) is 25.0. The summed E-state index contributed by atoms with van der Waals surface area (Å²) in [4.78, 5) is 33.9. The number of anilines is 1. The van der Waals surface area contributed by atoms with Crippen LogP contribution in [0.1, 0.15) is 27.4 Å². The van der Waals surface area contributed by atoms with Gasteiger partial charge in [-0.1, -0.05) is 30.3 Å². The fraction of sp³-hybridized carbons (Fsp3) is 0.394. The van der Waals surface area contributed by atoms with Crippen LogP contribution in [0.2, 0.25) is 0 Å². The molecule has 0 radical (unpaired) electrons. The topological polar surface area (TPSA) is 80.8 Å². The molecule has 3 aromatic carbocycles. The lowest BCUT2D eigenvalue weighted by atomic mass is 9.87. The lowest BCUT2D eigenvalue weighted by Crippen LogP contribution is -2.51. The molecule has 0 unspecified atom stereocenters. The van der Waals surface area contributed by atoms with Gasteiger partial charge in [0.25, 0.3) is 5.91 Å². The largest absolute Gasteiger partial charge is 0.495 e. The van der Waals surface area contributed by atoms with E-state index in [2.05, 4.69) is 4.90 Å². The van der Waals surface area contributed by atoms with Crippen molar-refractivity contribution in [2.75, 3.05) is 72.6 Å². The number of ether oxygens (including phenoxy) is 4. The van der Waals surface area contributed by atoms with Crippen LogP contribution in [0.5, 0.6) is 23.0 Å². The first kappa shape index (κ1) is 29.1. The van der Waals surface area contributed by atoms with Crippen LogP contribution >= 0.6 is 0 Å². The molecule has 0 saturated carbocycles. The van der Waals surface area contributed by atoms with E-state index in [1.807, 2.05) is 77.4 Å². The van der Waals surface area contributed by atoms with Gasteiger partial charge in [-0.05, 0) is 48.4 Å². The summed E-state index contributed by atoms with van der Waals surface area (Å²) in [6, 6.07) is 19.3. The van der Waals surface area contributed by atoms with Gasteiger partial charge in [0.05, 0.1) is 40.0 Å². The van der Waals surface area contributed by atoms with E-state index in [9.17, 15) is 9.59 Å². The smallest absolute Gasteiger partial charge is 0.254 e. The summed E-state index contributed by atoms with van der Waals surface area (Å²) in [5.41, 5.74) is 3.46. The molecule has 0 aromatic heterocycles. The molecule has 2 aliphatic rings. The van der Waals surface area contributed by atoms with Crippen LogP contribution in [0.4, 0.5) is 5.69 Å². The Kier molecular flexibility index (Phi) is 8.75. The summed E-state index contributed by atoms with van der Waals surface area (Å²) in [5.74, 6) is 1.67. The molecular formula is C33H39N3O6. The molecule has 2 heterocycles. The number of para-hydroxylation sites is 2. The highest BCUT2D eigenvalue weighted by Gasteiger charge is 2.43. The standard InChI is InChI=1S/C33H39N3O6/c1-22-10-6-7-11-24(22)32(37)36-20-25(23-18-29(40-3)31(42-5)30(19-23)41-4)26(21-36)33(38)35-16-14-34(15-17-35)27-12-8-9-13-28(27)39-2/h6-13,18-19,25-26H,14-17,20-21H2,1-5H3/t25-,26+/m1/s1. The summed E-state index contributed by atoms with van der Waals surface area (Å²) in [7, 11) is 6.39. The summed E-state index contributed by atoms with van der Waals surface area (Å²) >= 11 is 0. The molecule has 2 fully saturated rings. The zero-order valence-electron chi connectivity index (χ0n) is 25.0. The summed E-state index contributed by atoms with van der Waals surface area (Å²) in [5, 5.41) is 0. The maximum absolute atomic E-state index is 14.2. The lowest BCUT2D eigenvalue weighted by Gasteiger charge is -2.38. The highest BCUT2D eigenvalue weighted by atomic mass is 16.5. The molecule has 0 aliphatic carbocycles. The molecular weight excluding hydrogens is 534 g/mol. The number of rotatable bonds is 8. The van der Waals surface area contributed by atoms with Crippen LogP contribution in [0.25, 0.3) is 0 Å². The van der Waals surface area contributed by atoms with E-state index >= 15 is 0 Å². The number of likely N-dealkylation sites (tertiary alicyclic amines) is 1. The monoisotopic (exact) mass is 573 g/mol. The second-order valence-corrected chi connectivity index (χ2v) is 10.7. The number of benzene rings is 3. The minimum Gasteiger partial charge on any atom is -0.495 e. The van der Waals surface area contributed by atoms with Crippen molar-refractivity contribution in [2.24, 2.45) is 5.92 Å². The maximum atomic E-state index is 14.2. The van der Waals surface area contributed by atoms with E-state index in [1.165, 1.54) is 0 Å². The van der Waals surface area contributed by atoms with Crippen LogP contribution in [-0.4, -0.2) is 89.3 Å². The Balaban J connectivity index is 1.43. The highest BCUT2D eigenvalue weighted by Crippen LogP contribution is 2.44. The van der Waals surface area contributed by atoms with Crippen molar-refractivity contribution in [1.29, 1.82) is 0 Å². The Morgan fingerprint density at radius 3 is 1.95 bits per heavy atom. The summed E-state index contributed by atoms with van der Waals surface area (Å²) in [6.45, 7) is 5.23. The third kappa shape index (κ3) is 5.55. The van der Waals surface area contributed by atoms with Gasteiger partial charge in [0, 0.05) is 50.7 Å². The number of aryl methyl sites for hydroxylation is 1. The van der Waals surface area contributed by atoms with Crippen molar-refractivity contribution in [3.8, 4) is 23.0 Å². The average molecular weight is 574 g/mol. The fourth-order valence-electron chi connectivity index (χ4n) is 6.15. The van der Waals surface area contributed by atoms with Crippen LogP contribution in [0.3, 0.4) is 0 Å². The molecule has 0 spiro atoms. The van der Waals surface area contributed by atoms with Crippen molar-refractivity contribution >= 4 is 17.5 Å². The van der Waals surface area contributed by atoms with Crippen LogP contribution in [-0.2, 0) is 4.79 Å². The van der Waals surface area contributed by atoms with Crippen LogP contribution in [0.15, 0.2) is 60.7 Å². The van der Waals surface area contributed by atoms with Gasteiger partial charge in [0.15, 0.2) is 11.5 Å². The first-order valence-corrected chi connectivity index (χ1v) is 14.2. The number of methoxy groups -OCH3 is 4. The van der Waals surface area contributed by atoms with Crippen molar-refractivity contribution in [3.63, 3.8) is 0 Å². The number of carbonyl (C=O) groups excluding carboxylic acids is 2. The molecule has 9 nitrogen and oxygen atoms in total. The zero-order chi connectivity index (χ0) is 29.8. The second kappa shape index (κ2) is 12.6. The molecule has 9 heteroatoms. The van der Waals surface area contributed by atoms with E-state index in [1.54, 1.807) is 28.4 Å². The van der Waals surface area contributed by atoms with Crippen molar-refractivity contribution in [1.82, 2.24) is 9.80 Å². The van der Waals surface area contributed by atoms with Gasteiger partial charge in [0.2, 0.25) is 11.7 Å². The van der Waals surface area contributed by atoms with Gasteiger partial charge in [-0.25, -0.2) is 0 Å². The molecule has 42 heavy (non-hydrogen) atoms. The molecule has 0 N–H and O–H groups in total. The number of piperazine rings is 1. The van der Waals surface area contributed by atoms with Crippen molar-refractivity contribution in [3.05, 3.63) is 77.4 Å². The lowest BCUT2D eigenvalue weighted by molar-refractivity contribution is -0.135. The van der Waals surface area contributed by atoms with Gasteiger partial charge in [-0.3, -0.25) is 9.59 Å². The molecule has 5 rings (SSSR count). The minimum atomic E-state index is -0.418. The summed E-state index contributed by atoms with van der Waals surface area (Å²) in [6.07, 6.45) is 0. The Labute approximate surface area is 247 Å². The molecule has 222 valence electrons. The van der Waals surface area contributed by atoms with Gasteiger partial charge < -0.3 is 33.6 Å². The third-order valence-corrected chi connectivity index (χ3v) is 8.43. The predicted octanol–water partition coefficient (Wildman–Crippen LogP) is 4.23. The Hall–Kier alpha value is -4.40. The first-order valence-electron chi connectivity index (χ1n) is 14.2. The highest BCUT2D eigenvalue weighted by molar-refractivity contribution is 5.96. The SMILES string of the molecule is COc1ccccc1N1CCN(C(=O)[C@H]2CN(C(=O)c3ccccc3C)C[C@@H]2c2cc(OC)c(OC)c(OC)c2)CC1. The van der Waals surface area contributed by atoms with Crippen LogP contribution < -0.4 is 23.8 Å². The minimum absolute atomic E-state index is 0.0495. The maximum Gasteiger partial charge on any atom is 0.254 e. The number of hydrogen-bond acceptors (Lipinski definition) is 7. The Morgan fingerprint density at radius 1 is 0.714 bits per heavy atom. The van der Waals surface area contributed by atoms with Crippen LogP contribution in [0, 0.1) is 12.8 Å². The Bertz CT molecular complexity index is 1410. The van der Waals surface area contributed by atoms with E-state index in [4.69, 9.17) is 18.9 Å². The third-order valence-electron chi connectivity index (χ3n) is 8.43. The molecule has 3 aromatic rings. The van der Waals surface area contributed by atoms with Crippen molar-refractivity contribution in [2.45, 2.75) is 12.8 Å². The van der Waals surface area contributed by atoms with Gasteiger partial charge in [-0.15, -0.1) is 0 Å². The first-order chi connectivity index (χ1) is 20.4. The molecule has 2 saturated heterocycles. The van der Waals surface area contributed by atoms with Gasteiger partial charge in [0.1, 0.15) is 5.75 Å². The van der Waals surface area contributed by atoms with E-state index in [0.717, 1.165) is 22.6 Å². The molecule has 0 bridgehead atoms. The van der Waals surface area contributed by atoms with Gasteiger partial charge in [-0.2, -0.15) is 0 Å². The quantitative estimate of drug-likeness (QED) is 0.399. The fourth-order valence-corrected chi connectivity index (χ4v) is 6.15. The predicted molar refractivity (Wildman–Crippen MR) is 161 cm³/mol. The summed E-state index contributed by atoms with van der Waals surface area (Å²) < 4.78 is 22.3. The van der Waals surface area contributed by atoms with Gasteiger partial charge >= 0.3 is 0 Å². The number of carbonyl (C=O) groups is 2. The van der Waals surface area contributed by atoms with E-state index in [0.29, 0.717) is 62.1 Å². The number of amides is 2. The molecule has 2 amide bonds. The molecule has 2 aliphatic heterocycles. The normalized spacial score (nSPS) is 18.5. The number of hydrogen-bond donors (Lipinski definition) is 0. The second-order valence-electron chi connectivity index (χ2n) is 10.7.